The first kappa shape index (κ1) is 13.1. The summed E-state index contributed by atoms with van der Waals surface area (Å²) in [4.78, 5) is 12.1. The maximum Gasteiger partial charge on any atom is 0.251 e. The highest BCUT2D eigenvalue weighted by atomic mass is 16.5. The van der Waals surface area contributed by atoms with Gasteiger partial charge in [0.2, 0.25) is 0 Å². The van der Waals surface area contributed by atoms with Gasteiger partial charge in [0, 0.05) is 12.1 Å². The van der Waals surface area contributed by atoms with Crippen molar-refractivity contribution < 1.29 is 9.53 Å². The first-order valence-electron chi connectivity index (χ1n) is 6.17. The lowest BCUT2D eigenvalue weighted by molar-refractivity contribution is 0.0950. The van der Waals surface area contributed by atoms with Crippen molar-refractivity contribution in [3.05, 3.63) is 65.2 Å². The Morgan fingerprint density at radius 2 is 1.95 bits per heavy atom. The lowest BCUT2D eigenvalue weighted by Gasteiger charge is -2.08. The SMILES string of the molecule is COc1cccc(CNC(=O)c2ccccc2C)c1. The van der Waals surface area contributed by atoms with E-state index in [-0.39, 0.29) is 5.91 Å². The molecule has 0 saturated heterocycles. The minimum atomic E-state index is -0.0547. The number of methoxy groups -OCH3 is 1. The molecule has 2 rings (SSSR count). The smallest absolute Gasteiger partial charge is 0.251 e. The number of nitrogens with one attached hydrogen (secondary N) is 1. The molecule has 0 aliphatic rings. The van der Waals surface area contributed by atoms with Gasteiger partial charge in [0.05, 0.1) is 7.11 Å². The second-order valence-corrected chi connectivity index (χ2v) is 4.35. The van der Waals surface area contributed by atoms with Crippen LogP contribution in [0.2, 0.25) is 0 Å². The molecule has 0 heterocycles. The molecule has 1 amide bonds. The van der Waals surface area contributed by atoms with Gasteiger partial charge in [-0.2, -0.15) is 0 Å². The van der Waals surface area contributed by atoms with Crippen LogP contribution in [0, 0.1) is 6.92 Å². The van der Waals surface area contributed by atoms with Crippen LogP contribution in [0.5, 0.6) is 5.75 Å². The normalized spacial score (nSPS) is 10.0. The van der Waals surface area contributed by atoms with E-state index in [9.17, 15) is 4.79 Å². The molecule has 0 aliphatic carbocycles. The van der Waals surface area contributed by atoms with Gasteiger partial charge in [0.15, 0.2) is 0 Å². The van der Waals surface area contributed by atoms with Crippen LogP contribution in [0.4, 0.5) is 0 Å². The third kappa shape index (κ3) is 3.35. The fourth-order valence-electron chi connectivity index (χ4n) is 1.89. The number of hydrogen-bond donors (Lipinski definition) is 1. The van der Waals surface area contributed by atoms with E-state index in [2.05, 4.69) is 5.32 Å². The van der Waals surface area contributed by atoms with Gasteiger partial charge >= 0.3 is 0 Å². The number of benzene rings is 2. The second kappa shape index (κ2) is 6.05. The predicted octanol–water partition coefficient (Wildman–Crippen LogP) is 2.93. The monoisotopic (exact) mass is 255 g/mol. The van der Waals surface area contributed by atoms with Crippen molar-refractivity contribution in [2.75, 3.05) is 7.11 Å². The molecular weight excluding hydrogens is 238 g/mol. The Kier molecular flexibility index (Phi) is 4.18. The highest BCUT2D eigenvalue weighted by Crippen LogP contribution is 2.13. The third-order valence-corrected chi connectivity index (χ3v) is 2.98. The number of rotatable bonds is 4. The third-order valence-electron chi connectivity index (χ3n) is 2.98. The fraction of sp³-hybridized carbons (Fsp3) is 0.188. The maximum absolute atomic E-state index is 12.1. The van der Waals surface area contributed by atoms with Crippen LogP contribution in [0.3, 0.4) is 0 Å². The standard InChI is InChI=1S/C16H17NO2/c1-12-6-3-4-9-15(12)16(18)17-11-13-7-5-8-14(10-13)19-2/h3-10H,11H2,1-2H3,(H,17,18). The number of amides is 1. The van der Waals surface area contributed by atoms with E-state index in [0.717, 1.165) is 16.9 Å². The molecule has 0 atom stereocenters. The molecular formula is C16H17NO2. The van der Waals surface area contributed by atoms with Crippen molar-refractivity contribution >= 4 is 5.91 Å². The first-order chi connectivity index (χ1) is 9.20. The zero-order valence-corrected chi connectivity index (χ0v) is 11.1. The van der Waals surface area contributed by atoms with Gasteiger partial charge in [-0.25, -0.2) is 0 Å². The van der Waals surface area contributed by atoms with E-state index in [1.807, 2.05) is 55.5 Å². The van der Waals surface area contributed by atoms with Crippen molar-refractivity contribution in [1.29, 1.82) is 0 Å². The van der Waals surface area contributed by atoms with Gasteiger partial charge in [-0.3, -0.25) is 4.79 Å². The van der Waals surface area contributed by atoms with E-state index in [1.165, 1.54) is 0 Å². The summed E-state index contributed by atoms with van der Waals surface area (Å²) in [5.74, 6) is 0.739. The Bertz CT molecular complexity index is 578. The molecule has 0 radical (unpaired) electrons. The molecule has 3 heteroatoms. The van der Waals surface area contributed by atoms with E-state index < -0.39 is 0 Å². The van der Waals surface area contributed by atoms with E-state index in [1.54, 1.807) is 7.11 Å². The Balaban J connectivity index is 2.02. The van der Waals surface area contributed by atoms with Crippen LogP contribution >= 0.6 is 0 Å². The zero-order chi connectivity index (χ0) is 13.7. The number of ether oxygens (including phenoxy) is 1. The quantitative estimate of drug-likeness (QED) is 0.912. The van der Waals surface area contributed by atoms with Gasteiger partial charge in [-0.05, 0) is 36.2 Å². The van der Waals surface area contributed by atoms with Crippen molar-refractivity contribution in [1.82, 2.24) is 5.32 Å². The van der Waals surface area contributed by atoms with E-state index in [4.69, 9.17) is 4.74 Å². The average Bonchev–Trinajstić information content (AvgIpc) is 2.45. The molecule has 0 saturated carbocycles. The van der Waals surface area contributed by atoms with Crippen molar-refractivity contribution in [2.24, 2.45) is 0 Å². The number of carbonyl (C=O) groups is 1. The molecule has 0 bridgehead atoms. The van der Waals surface area contributed by atoms with E-state index >= 15 is 0 Å². The van der Waals surface area contributed by atoms with Crippen molar-refractivity contribution in [3.8, 4) is 5.75 Å². The Morgan fingerprint density at radius 1 is 1.16 bits per heavy atom. The largest absolute Gasteiger partial charge is 0.497 e. The summed E-state index contributed by atoms with van der Waals surface area (Å²) < 4.78 is 5.15. The molecule has 0 aliphatic heterocycles. The van der Waals surface area contributed by atoms with Crippen LogP contribution in [0.25, 0.3) is 0 Å². The minimum absolute atomic E-state index is 0.0547. The molecule has 2 aromatic rings. The van der Waals surface area contributed by atoms with Crippen LogP contribution in [-0.4, -0.2) is 13.0 Å². The van der Waals surface area contributed by atoms with Gasteiger partial charge in [-0.1, -0.05) is 30.3 Å². The van der Waals surface area contributed by atoms with Crippen molar-refractivity contribution in [3.63, 3.8) is 0 Å². The first-order valence-corrected chi connectivity index (χ1v) is 6.17. The number of carbonyl (C=O) groups excluding carboxylic acids is 1. The predicted molar refractivity (Wildman–Crippen MR) is 75.3 cm³/mol. The zero-order valence-electron chi connectivity index (χ0n) is 11.1. The van der Waals surface area contributed by atoms with E-state index in [0.29, 0.717) is 12.1 Å². The summed E-state index contributed by atoms with van der Waals surface area (Å²) in [6.07, 6.45) is 0. The molecule has 98 valence electrons. The Hall–Kier alpha value is -2.29. The average molecular weight is 255 g/mol. The van der Waals surface area contributed by atoms with Gasteiger partial charge in [0.25, 0.3) is 5.91 Å². The summed E-state index contributed by atoms with van der Waals surface area (Å²) in [5, 5.41) is 2.91. The molecule has 1 N–H and O–H groups in total. The summed E-state index contributed by atoms with van der Waals surface area (Å²) in [6.45, 7) is 2.42. The lowest BCUT2D eigenvalue weighted by atomic mass is 10.1. The van der Waals surface area contributed by atoms with Gasteiger partial charge in [0.1, 0.15) is 5.75 Å². The summed E-state index contributed by atoms with van der Waals surface area (Å²) in [5.41, 5.74) is 2.71. The minimum Gasteiger partial charge on any atom is -0.497 e. The molecule has 0 spiro atoms. The molecule has 0 fully saturated rings. The summed E-state index contributed by atoms with van der Waals surface area (Å²) >= 11 is 0. The summed E-state index contributed by atoms with van der Waals surface area (Å²) in [7, 11) is 1.63. The fourth-order valence-corrected chi connectivity index (χ4v) is 1.89. The maximum atomic E-state index is 12.1. The number of aryl methyl sites for hydroxylation is 1. The highest BCUT2D eigenvalue weighted by Gasteiger charge is 2.07. The van der Waals surface area contributed by atoms with Gasteiger partial charge in [-0.15, -0.1) is 0 Å². The molecule has 19 heavy (non-hydrogen) atoms. The Morgan fingerprint density at radius 3 is 2.68 bits per heavy atom. The molecule has 0 unspecified atom stereocenters. The molecule has 0 aromatic heterocycles. The highest BCUT2D eigenvalue weighted by molar-refractivity contribution is 5.95. The molecule has 3 nitrogen and oxygen atoms in total. The Labute approximate surface area is 113 Å². The topological polar surface area (TPSA) is 38.3 Å². The van der Waals surface area contributed by atoms with Crippen LogP contribution in [-0.2, 0) is 6.54 Å². The second-order valence-electron chi connectivity index (χ2n) is 4.35. The van der Waals surface area contributed by atoms with Crippen LogP contribution < -0.4 is 10.1 Å². The van der Waals surface area contributed by atoms with Crippen LogP contribution in [0.1, 0.15) is 21.5 Å². The number of hydrogen-bond acceptors (Lipinski definition) is 2. The molecule has 2 aromatic carbocycles. The lowest BCUT2D eigenvalue weighted by Crippen LogP contribution is -2.23. The van der Waals surface area contributed by atoms with Gasteiger partial charge < -0.3 is 10.1 Å². The summed E-state index contributed by atoms with van der Waals surface area (Å²) in [6, 6.07) is 15.2. The van der Waals surface area contributed by atoms with Crippen molar-refractivity contribution in [2.45, 2.75) is 13.5 Å². The van der Waals surface area contributed by atoms with Crippen LogP contribution in [0.15, 0.2) is 48.5 Å².